The van der Waals surface area contributed by atoms with Gasteiger partial charge < -0.3 is 34.2 Å². The summed E-state index contributed by atoms with van der Waals surface area (Å²) in [6, 6.07) is 18.7. The van der Waals surface area contributed by atoms with Crippen molar-refractivity contribution in [1.82, 2.24) is 4.90 Å². The predicted molar refractivity (Wildman–Crippen MR) is 161 cm³/mol. The molecule has 2 aliphatic heterocycles. The molecule has 0 spiro atoms. The van der Waals surface area contributed by atoms with Crippen molar-refractivity contribution >= 4 is 28.9 Å². The molecule has 3 aromatic rings. The molecule has 5 rings (SSSR count). The minimum atomic E-state index is -0.320. The fourth-order valence-electron chi connectivity index (χ4n) is 5.59. The molecular formula is C32H38N4O5. The summed E-state index contributed by atoms with van der Waals surface area (Å²) in [6.07, 6.45) is 3.15. The van der Waals surface area contributed by atoms with Gasteiger partial charge in [0.1, 0.15) is 17.2 Å². The summed E-state index contributed by atoms with van der Waals surface area (Å²) in [5.41, 5.74) is 3.52. The SMILES string of the molecule is COc1ccc(C(=O)Nc2ccc(N3CCN(c4ccccc4OC)CC3)c(C(=O)N3CCCCC3)c2)c(OC)c1. The highest BCUT2D eigenvalue weighted by atomic mass is 16.5. The summed E-state index contributed by atoms with van der Waals surface area (Å²) in [6.45, 7) is 4.61. The van der Waals surface area contributed by atoms with Gasteiger partial charge >= 0.3 is 0 Å². The number of nitrogens with one attached hydrogen (secondary N) is 1. The molecule has 9 nitrogen and oxygen atoms in total. The van der Waals surface area contributed by atoms with Gasteiger partial charge in [0.2, 0.25) is 0 Å². The second-order valence-electron chi connectivity index (χ2n) is 10.3. The second kappa shape index (κ2) is 12.8. The first-order valence-corrected chi connectivity index (χ1v) is 14.1. The molecule has 41 heavy (non-hydrogen) atoms. The third-order valence-corrected chi connectivity index (χ3v) is 7.83. The molecule has 0 aromatic heterocycles. The molecule has 0 bridgehead atoms. The minimum absolute atomic E-state index is 0.00462. The maximum Gasteiger partial charge on any atom is 0.259 e. The molecule has 0 radical (unpaired) electrons. The third-order valence-electron chi connectivity index (χ3n) is 7.83. The highest BCUT2D eigenvalue weighted by molar-refractivity contribution is 6.08. The van der Waals surface area contributed by atoms with Crippen molar-refractivity contribution in [3.8, 4) is 17.2 Å². The van der Waals surface area contributed by atoms with Crippen LogP contribution < -0.4 is 29.3 Å². The van der Waals surface area contributed by atoms with Gasteiger partial charge in [-0.15, -0.1) is 0 Å². The Bertz CT molecular complexity index is 1380. The Morgan fingerprint density at radius 1 is 0.659 bits per heavy atom. The number of methoxy groups -OCH3 is 3. The average Bonchev–Trinajstić information content (AvgIpc) is 3.04. The topological polar surface area (TPSA) is 83.6 Å². The molecule has 2 saturated heterocycles. The van der Waals surface area contributed by atoms with Gasteiger partial charge in [-0.2, -0.15) is 0 Å². The van der Waals surface area contributed by atoms with E-state index in [-0.39, 0.29) is 11.8 Å². The van der Waals surface area contributed by atoms with E-state index < -0.39 is 0 Å². The number of rotatable bonds is 8. The zero-order valence-electron chi connectivity index (χ0n) is 24.0. The quantitative estimate of drug-likeness (QED) is 0.420. The van der Waals surface area contributed by atoms with Gasteiger partial charge in [0, 0.05) is 56.7 Å². The van der Waals surface area contributed by atoms with Crippen LogP contribution in [0.25, 0.3) is 0 Å². The molecule has 2 aliphatic rings. The van der Waals surface area contributed by atoms with Crippen molar-refractivity contribution in [3.05, 3.63) is 71.8 Å². The molecule has 2 heterocycles. The number of piperazine rings is 1. The van der Waals surface area contributed by atoms with Crippen molar-refractivity contribution < 1.29 is 23.8 Å². The molecule has 9 heteroatoms. The molecule has 0 atom stereocenters. The molecule has 0 aliphatic carbocycles. The molecular weight excluding hydrogens is 520 g/mol. The van der Waals surface area contributed by atoms with E-state index in [2.05, 4.69) is 21.2 Å². The zero-order valence-corrected chi connectivity index (χ0v) is 24.0. The second-order valence-corrected chi connectivity index (χ2v) is 10.3. The number of amides is 2. The number of ether oxygens (including phenoxy) is 3. The summed E-state index contributed by atoms with van der Waals surface area (Å²) in [4.78, 5) is 33.6. The number of para-hydroxylation sites is 2. The Kier molecular flexibility index (Phi) is 8.82. The summed E-state index contributed by atoms with van der Waals surface area (Å²) in [5, 5.41) is 2.97. The van der Waals surface area contributed by atoms with Crippen LogP contribution in [0.1, 0.15) is 40.0 Å². The number of hydrogen-bond donors (Lipinski definition) is 1. The average molecular weight is 559 g/mol. The molecule has 216 valence electrons. The van der Waals surface area contributed by atoms with E-state index in [1.807, 2.05) is 41.3 Å². The van der Waals surface area contributed by atoms with E-state index in [0.717, 1.165) is 75.7 Å². The molecule has 0 saturated carbocycles. The highest BCUT2D eigenvalue weighted by Crippen LogP contribution is 2.32. The van der Waals surface area contributed by atoms with Crippen molar-refractivity contribution in [2.24, 2.45) is 0 Å². The lowest BCUT2D eigenvalue weighted by Gasteiger charge is -2.39. The van der Waals surface area contributed by atoms with Gasteiger partial charge in [-0.3, -0.25) is 9.59 Å². The Labute approximate surface area is 241 Å². The van der Waals surface area contributed by atoms with E-state index in [9.17, 15) is 9.59 Å². The first-order chi connectivity index (χ1) is 20.0. The van der Waals surface area contributed by atoms with Gasteiger partial charge in [0.05, 0.1) is 38.1 Å². The number of hydrogen-bond acceptors (Lipinski definition) is 7. The normalized spacial score (nSPS) is 15.3. The van der Waals surface area contributed by atoms with Gasteiger partial charge in [-0.05, 0) is 61.7 Å². The van der Waals surface area contributed by atoms with Crippen LogP contribution >= 0.6 is 0 Å². The maximum atomic E-state index is 13.8. The first kappa shape index (κ1) is 28.1. The predicted octanol–water partition coefficient (Wildman–Crippen LogP) is 4.92. The summed E-state index contributed by atoms with van der Waals surface area (Å²) in [5.74, 6) is 1.55. The number of anilines is 3. The van der Waals surface area contributed by atoms with Crippen molar-refractivity contribution in [1.29, 1.82) is 0 Å². The summed E-state index contributed by atoms with van der Waals surface area (Å²) in [7, 11) is 4.78. The first-order valence-electron chi connectivity index (χ1n) is 14.1. The lowest BCUT2D eigenvalue weighted by atomic mass is 10.0. The van der Waals surface area contributed by atoms with Crippen molar-refractivity contribution in [3.63, 3.8) is 0 Å². The monoisotopic (exact) mass is 558 g/mol. The Balaban J connectivity index is 1.39. The van der Waals surface area contributed by atoms with E-state index in [4.69, 9.17) is 14.2 Å². The van der Waals surface area contributed by atoms with Crippen molar-refractivity contribution in [2.45, 2.75) is 19.3 Å². The number of likely N-dealkylation sites (tertiary alicyclic amines) is 1. The van der Waals surface area contributed by atoms with Crippen LogP contribution in [-0.2, 0) is 0 Å². The smallest absolute Gasteiger partial charge is 0.259 e. The van der Waals surface area contributed by atoms with Gasteiger partial charge in [0.25, 0.3) is 11.8 Å². The van der Waals surface area contributed by atoms with Crippen LogP contribution in [0.4, 0.5) is 17.1 Å². The molecule has 0 unspecified atom stereocenters. The molecule has 3 aromatic carbocycles. The van der Waals surface area contributed by atoms with Crippen LogP contribution in [-0.4, -0.2) is 77.3 Å². The lowest BCUT2D eigenvalue weighted by Crippen LogP contribution is -2.47. The number of piperidine rings is 1. The fraction of sp³-hybridized carbons (Fsp3) is 0.375. The highest BCUT2D eigenvalue weighted by Gasteiger charge is 2.27. The molecule has 2 fully saturated rings. The minimum Gasteiger partial charge on any atom is -0.497 e. The van der Waals surface area contributed by atoms with E-state index in [1.54, 1.807) is 32.4 Å². The maximum absolute atomic E-state index is 13.8. The number of carbonyl (C=O) groups is 2. The summed E-state index contributed by atoms with van der Waals surface area (Å²) < 4.78 is 16.3. The zero-order chi connectivity index (χ0) is 28.8. The summed E-state index contributed by atoms with van der Waals surface area (Å²) >= 11 is 0. The van der Waals surface area contributed by atoms with Crippen LogP contribution in [0.3, 0.4) is 0 Å². The van der Waals surface area contributed by atoms with Crippen LogP contribution in [0.5, 0.6) is 17.2 Å². The molecule has 1 N–H and O–H groups in total. The van der Waals surface area contributed by atoms with E-state index in [0.29, 0.717) is 28.3 Å². The fourth-order valence-corrected chi connectivity index (χ4v) is 5.59. The van der Waals surface area contributed by atoms with E-state index >= 15 is 0 Å². The van der Waals surface area contributed by atoms with Crippen LogP contribution in [0, 0.1) is 0 Å². The third kappa shape index (κ3) is 6.19. The van der Waals surface area contributed by atoms with Crippen LogP contribution in [0.2, 0.25) is 0 Å². The van der Waals surface area contributed by atoms with Gasteiger partial charge in [-0.25, -0.2) is 0 Å². The van der Waals surface area contributed by atoms with Crippen LogP contribution in [0.15, 0.2) is 60.7 Å². The standard InChI is InChI=1S/C32H38N4O5/c1-39-24-12-13-25(30(22-24)41-3)31(37)33-23-11-14-27(26(21-23)32(38)36-15-7-4-8-16-36)34-17-19-35(20-18-34)28-9-5-6-10-29(28)40-2/h5-6,9-14,21-22H,4,7-8,15-20H2,1-3H3,(H,33,37). The van der Waals surface area contributed by atoms with Gasteiger partial charge in [-0.1, -0.05) is 12.1 Å². The number of benzene rings is 3. The number of nitrogens with zero attached hydrogens (tertiary/aromatic N) is 3. The van der Waals surface area contributed by atoms with Gasteiger partial charge in [0.15, 0.2) is 0 Å². The van der Waals surface area contributed by atoms with E-state index in [1.165, 1.54) is 7.11 Å². The Hall–Kier alpha value is -4.40. The lowest BCUT2D eigenvalue weighted by molar-refractivity contribution is 0.0724. The Morgan fingerprint density at radius 3 is 2.02 bits per heavy atom. The Morgan fingerprint density at radius 2 is 1.34 bits per heavy atom. The number of carbonyl (C=O) groups excluding carboxylic acids is 2. The molecule has 2 amide bonds. The van der Waals surface area contributed by atoms with Crippen molar-refractivity contribution in [2.75, 3.05) is 75.7 Å². The largest absolute Gasteiger partial charge is 0.497 e.